The Kier molecular flexibility index (Phi) is 6.24. The first-order chi connectivity index (χ1) is 12.8. The van der Waals surface area contributed by atoms with Gasteiger partial charge in [-0.2, -0.15) is 13.2 Å². The normalized spacial score (nSPS) is 19.9. The van der Waals surface area contributed by atoms with E-state index in [0.29, 0.717) is 44.6 Å². The molecule has 150 valence electrons. The van der Waals surface area contributed by atoms with Gasteiger partial charge in [0.25, 0.3) is 0 Å². The number of hydrogen-bond donors (Lipinski definition) is 0. The number of halogens is 3. The molecule has 0 aliphatic carbocycles. The molecule has 0 aromatic carbocycles. The van der Waals surface area contributed by atoms with Gasteiger partial charge in [0.15, 0.2) is 0 Å². The number of anilines is 1. The van der Waals surface area contributed by atoms with Crippen LogP contribution in [0.3, 0.4) is 0 Å². The van der Waals surface area contributed by atoms with E-state index in [1.807, 2.05) is 4.90 Å². The second-order valence-corrected chi connectivity index (χ2v) is 7.44. The highest BCUT2D eigenvalue weighted by Gasteiger charge is 2.32. The minimum Gasteiger partial charge on any atom is -0.381 e. The van der Waals surface area contributed by atoms with E-state index in [-0.39, 0.29) is 11.8 Å². The summed E-state index contributed by atoms with van der Waals surface area (Å²) in [6.45, 7) is 3.37. The molecule has 1 amide bonds. The largest absolute Gasteiger partial charge is 0.416 e. The Hall–Kier alpha value is -1.83. The molecule has 0 atom stereocenters. The van der Waals surface area contributed by atoms with Crippen LogP contribution in [0.15, 0.2) is 18.3 Å². The number of pyridine rings is 1. The molecule has 5 nitrogen and oxygen atoms in total. The van der Waals surface area contributed by atoms with Crippen LogP contribution in [0, 0.1) is 11.8 Å². The Morgan fingerprint density at radius 2 is 1.93 bits per heavy atom. The van der Waals surface area contributed by atoms with Crippen LogP contribution in [0.25, 0.3) is 0 Å². The van der Waals surface area contributed by atoms with E-state index in [4.69, 9.17) is 4.74 Å². The Morgan fingerprint density at radius 1 is 1.26 bits per heavy atom. The van der Waals surface area contributed by atoms with Crippen LogP contribution in [-0.4, -0.2) is 55.7 Å². The number of aromatic nitrogens is 1. The fraction of sp³-hybridized carbons (Fsp3) is 0.684. The molecule has 27 heavy (non-hydrogen) atoms. The molecule has 8 heteroatoms. The maximum absolute atomic E-state index is 12.9. The zero-order chi connectivity index (χ0) is 19.4. The molecule has 0 bridgehead atoms. The highest BCUT2D eigenvalue weighted by atomic mass is 19.4. The number of nitrogens with zero attached hydrogens (tertiary/aromatic N) is 3. The standard InChI is InChI=1S/C19H26F3N3O2/c1-24(17-12-16(2-7-23-17)19(20,21)22)13-14-3-8-25(9-4-14)18(26)15-5-10-27-11-6-15/h2,7,12,14-15H,3-6,8-11,13H2,1H3. The molecule has 0 spiro atoms. The van der Waals surface area contributed by atoms with Gasteiger partial charge in [-0.25, -0.2) is 4.98 Å². The zero-order valence-electron chi connectivity index (χ0n) is 15.5. The summed E-state index contributed by atoms with van der Waals surface area (Å²) in [5, 5.41) is 0. The summed E-state index contributed by atoms with van der Waals surface area (Å²) >= 11 is 0. The summed E-state index contributed by atoms with van der Waals surface area (Å²) in [5.74, 6) is 0.965. The fourth-order valence-electron chi connectivity index (χ4n) is 3.82. The van der Waals surface area contributed by atoms with Crippen LogP contribution >= 0.6 is 0 Å². The van der Waals surface area contributed by atoms with Crippen LogP contribution in [0.5, 0.6) is 0 Å². The molecule has 0 radical (unpaired) electrons. The molecule has 2 fully saturated rings. The summed E-state index contributed by atoms with van der Waals surface area (Å²) < 4.78 is 43.9. The number of carbonyl (C=O) groups excluding carboxylic acids is 1. The molecule has 3 heterocycles. The van der Waals surface area contributed by atoms with Crippen molar-refractivity contribution in [1.82, 2.24) is 9.88 Å². The topological polar surface area (TPSA) is 45.7 Å². The molecule has 1 aromatic rings. The van der Waals surface area contributed by atoms with Crippen LogP contribution in [0.4, 0.5) is 19.0 Å². The smallest absolute Gasteiger partial charge is 0.381 e. The van der Waals surface area contributed by atoms with E-state index in [1.165, 1.54) is 6.20 Å². The van der Waals surface area contributed by atoms with Crippen molar-refractivity contribution in [3.05, 3.63) is 23.9 Å². The minimum atomic E-state index is -4.37. The number of alkyl halides is 3. The zero-order valence-corrected chi connectivity index (χ0v) is 15.5. The summed E-state index contributed by atoms with van der Waals surface area (Å²) in [5.41, 5.74) is -0.684. The minimum absolute atomic E-state index is 0.0762. The lowest BCUT2D eigenvalue weighted by atomic mass is 9.93. The van der Waals surface area contributed by atoms with Crippen molar-refractivity contribution in [2.75, 3.05) is 44.8 Å². The van der Waals surface area contributed by atoms with Crippen molar-refractivity contribution in [3.8, 4) is 0 Å². The van der Waals surface area contributed by atoms with Crippen molar-refractivity contribution < 1.29 is 22.7 Å². The Morgan fingerprint density at radius 3 is 2.56 bits per heavy atom. The second-order valence-electron chi connectivity index (χ2n) is 7.44. The molecule has 0 N–H and O–H groups in total. The molecule has 0 saturated carbocycles. The molecule has 2 saturated heterocycles. The Balaban J connectivity index is 1.51. The van der Waals surface area contributed by atoms with Gasteiger partial charge in [0.05, 0.1) is 5.56 Å². The first-order valence-electron chi connectivity index (χ1n) is 9.45. The van der Waals surface area contributed by atoms with Crippen LogP contribution in [-0.2, 0) is 15.7 Å². The Labute approximate surface area is 157 Å². The van der Waals surface area contributed by atoms with Crippen molar-refractivity contribution in [2.24, 2.45) is 11.8 Å². The third-order valence-corrected chi connectivity index (χ3v) is 5.49. The fourth-order valence-corrected chi connectivity index (χ4v) is 3.82. The molecule has 1 aromatic heterocycles. The van der Waals surface area contributed by atoms with Crippen LogP contribution in [0.1, 0.15) is 31.2 Å². The van der Waals surface area contributed by atoms with Gasteiger partial charge in [0.1, 0.15) is 5.82 Å². The van der Waals surface area contributed by atoms with Gasteiger partial charge in [0, 0.05) is 52.0 Å². The summed E-state index contributed by atoms with van der Waals surface area (Å²) in [6.07, 6.45) is 0.139. The lowest BCUT2D eigenvalue weighted by Crippen LogP contribution is -2.44. The van der Waals surface area contributed by atoms with E-state index in [2.05, 4.69) is 4.98 Å². The lowest BCUT2D eigenvalue weighted by molar-refractivity contribution is -0.140. The molecular weight excluding hydrogens is 359 g/mol. The monoisotopic (exact) mass is 385 g/mol. The van der Waals surface area contributed by atoms with Gasteiger partial charge in [-0.05, 0) is 43.7 Å². The number of piperidine rings is 1. The van der Waals surface area contributed by atoms with E-state index in [1.54, 1.807) is 11.9 Å². The van der Waals surface area contributed by atoms with Gasteiger partial charge >= 0.3 is 6.18 Å². The Bertz CT molecular complexity index is 639. The third-order valence-electron chi connectivity index (χ3n) is 5.49. The summed E-state index contributed by atoms with van der Waals surface area (Å²) in [4.78, 5) is 20.4. The van der Waals surface area contributed by atoms with Gasteiger partial charge < -0.3 is 14.5 Å². The first kappa shape index (κ1) is 19.9. The van der Waals surface area contributed by atoms with E-state index in [0.717, 1.165) is 37.8 Å². The lowest BCUT2D eigenvalue weighted by Gasteiger charge is -2.36. The van der Waals surface area contributed by atoms with E-state index in [9.17, 15) is 18.0 Å². The molecule has 3 rings (SSSR count). The van der Waals surface area contributed by atoms with Crippen molar-refractivity contribution in [3.63, 3.8) is 0 Å². The quantitative estimate of drug-likeness (QED) is 0.799. The van der Waals surface area contributed by atoms with Crippen LogP contribution in [0.2, 0.25) is 0 Å². The van der Waals surface area contributed by atoms with Gasteiger partial charge in [-0.3, -0.25) is 4.79 Å². The first-order valence-corrected chi connectivity index (χ1v) is 9.45. The van der Waals surface area contributed by atoms with Gasteiger partial charge in [-0.15, -0.1) is 0 Å². The molecule has 2 aliphatic heterocycles. The molecular formula is C19H26F3N3O2. The second kappa shape index (κ2) is 8.46. The highest BCUT2D eigenvalue weighted by Crippen LogP contribution is 2.31. The van der Waals surface area contributed by atoms with Crippen molar-refractivity contribution in [2.45, 2.75) is 31.9 Å². The average Bonchev–Trinajstić information content (AvgIpc) is 2.68. The van der Waals surface area contributed by atoms with E-state index >= 15 is 0 Å². The molecule has 0 unspecified atom stereocenters. The van der Waals surface area contributed by atoms with Gasteiger partial charge in [-0.1, -0.05) is 0 Å². The number of hydrogen-bond acceptors (Lipinski definition) is 4. The maximum Gasteiger partial charge on any atom is 0.416 e. The summed E-state index contributed by atoms with van der Waals surface area (Å²) in [6, 6.07) is 2.07. The number of rotatable bonds is 4. The predicted molar refractivity (Wildman–Crippen MR) is 95.4 cm³/mol. The SMILES string of the molecule is CN(CC1CCN(C(=O)C2CCOCC2)CC1)c1cc(C(F)(F)F)ccn1. The number of ether oxygens (including phenoxy) is 1. The average molecular weight is 385 g/mol. The number of carbonyl (C=O) groups is 1. The molecule has 2 aliphatic rings. The highest BCUT2D eigenvalue weighted by molar-refractivity contribution is 5.79. The predicted octanol–water partition coefficient (Wildman–Crippen LogP) is 3.20. The van der Waals surface area contributed by atoms with Crippen molar-refractivity contribution >= 4 is 11.7 Å². The number of likely N-dealkylation sites (tertiary alicyclic amines) is 1. The van der Waals surface area contributed by atoms with Crippen molar-refractivity contribution in [1.29, 1.82) is 0 Å². The summed E-state index contributed by atoms with van der Waals surface area (Å²) in [7, 11) is 1.77. The third kappa shape index (κ3) is 5.12. The van der Waals surface area contributed by atoms with Crippen LogP contribution < -0.4 is 4.90 Å². The maximum atomic E-state index is 12.9. The van der Waals surface area contributed by atoms with Gasteiger partial charge in [0.2, 0.25) is 5.91 Å². The van der Waals surface area contributed by atoms with E-state index < -0.39 is 11.7 Å². The number of amides is 1.